The van der Waals surface area contributed by atoms with Gasteiger partial charge in [0.2, 0.25) is 0 Å². The van der Waals surface area contributed by atoms with Gasteiger partial charge in [-0.2, -0.15) is 5.10 Å². The van der Waals surface area contributed by atoms with Crippen LogP contribution in [0.15, 0.2) is 59.4 Å². The summed E-state index contributed by atoms with van der Waals surface area (Å²) < 4.78 is 2.98. The van der Waals surface area contributed by atoms with Gasteiger partial charge in [0.05, 0.1) is 5.69 Å². The third-order valence-corrected chi connectivity index (χ3v) is 5.13. The van der Waals surface area contributed by atoms with Crippen LogP contribution in [-0.2, 0) is 7.05 Å². The SMILES string of the molecule is Cn1nc([C@H]2CCCN(C(=O)c3cccc(O)c3)C2)n(-c2ccccc2)c1=O. The zero-order chi connectivity index (χ0) is 19.7. The summed E-state index contributed by atoms with van der Waals surface area (Å²) in [6.45, 7) is 1.13. The maximum Gasteiger partial charge on any atom is 0.350 e. The molecule has 1 N–H and O–H groups in total. The molecular weight excluding hydrogens is 356 g/mol. The van der Waals surface area contributed by atoms with Crippen LogP contribution in [0.2, 0.25) is 0 Å². The number of aromatic nitrogens is 3. The van der Waals surface area contributed by atoms with Crippen molar-refractivity contribution in [2.24, 2.45) is 7.05 Å². The van der Waals surface area contributed by atoms with Crippen molar-refractivity contribution >= 4 is 5.91 Å². The van der Waals surface area contributed by atoms with Gasteiger partial charge in [-0.15, -0.1) is 0 Å². The Morgan fingerprint density at radius 2 is 1.93 bits per heavy atom. The van der Waals surface area contributed by atoms with Crippen LogP contribution >= 0.6 is 0 Å². The van der Waals surface area contributed by atoms with Crippen molar-refractivity contribution in [3.8, 4) is 11.4 Å². The van der Waals surface area contributed by atoms with Gasteiger partial charge < -0.3 is 10.0 Å². The molecule has 7 heteroatoms. The summed E-state index contributed by atoms with van der Waals surface area (Å²) in [5.41, 5.74) is 1.03. The molecule has 0 aliphatic carbocycles. The molecule has 0 spiro atoms. The molecular formula is C21H22N4O3. The molecule has 7 nitrogen and oxygen atoms in total. The van der Waals surface area contributed by atoms with Crippen LogP contribution in [0.4, 0.5) is 0 Å². The van der Waals surface area contributed by atoms with Gasteiger partial charge in [0.15, 0.2) is 0 Å². The second-order valence-corrected chi connectivity index (χ2v) is 7.08. The van der Waals surface area contributed by atoms with E-state index in [1.165, 1.54) is 10.7 Å². The molecule has 1 amide bonds. The first kappa shape index (κ1) is 18.0. The first-order valence-electron chi connectivity index (χ1n) is 9.34. The van der Waals surface area contributed by atoms with Crippen molar-refractivity contribution in [3.63, 3.8) is 0 Å². The Morgan fingerprint density at radius 3 is 2.68 bits per heavy atom. The molecule has 144 valence electrons. The van der Waals surface area contributed by atoms with Gasteiger partial charge in [0, 0.05) is 31.6 Å². The molecule has 0 radical (unpaired) electrons. The highest BCUT2D eigenvalue weighted by Gasteiger charge is 2.30. The Hall–Kier alpha value is -3.35. The molecule has 0 bridgehead atoms. The smallest absolute Gasteiger partial charge is 0.350 e. The highest BCUT2D eigenvalue weighted by atomic mass is 16.3. The summed E-state index contributed by atoms with van der Waals surface area (Å²) in [6, 6.07) is 15.8. The van der Waals surface area contributed by atoms with Crippen molar-refractivity contribution in [1.29, 1.82) is 0 Å². The fourth-order valence-electron chi connectivity index (χ4n) is 3.76. The molecule has 3 aromatic rings. The number of aryl methyl sites for hydroxylation is 1. The highest BCUT2D eigenvalue weighted by Crippen LogP contribution is 2.27. The first-order chi connectivity index (χ1) is 13.5. The molecule has 1 aliphatic rings. The summed E-state index contributed by atoms with van der Waals surface area (Å²) in [5.74, 6) is 0.586. The number of hydrogen-bond acceptors (Lipinski definition) is 4. The lowest BCUT2D eigenvalue weighted by atomic mass is 9.96. The number of benzene rings is 2. The molecule has 1 fully saturated rings. The van der Waals surface area contributed by atoms with Crippen LogP contribution in [-0.4, -0.2) is 43.4 Å². The third-order valence-electron chi connectivity index (χ3n) is 5.13. The Kier molecular flexibility index (Phi) is 4.73. The standard InChI is InChI=1S/C21H22N4O3/c1-23-21(28)25(17-9-3-2-4-10-17)19(22-23)16-8-6-12-24(14-16)20(27)15-7-5-11-18(26)13-15/h2-5,7,9-11,13,16,26H,6,8,12,14H2,1H3/t16-/m0/s1. The number of carbonyl (C=O) groups is 1. The number of likely N-dealkylation sites (tertiary alicyclic amines) is 1. The Labute approximate surface area is 162 Å². The lowest BCUT2D eigenvalue weighted by Crippen LogP contribution is -2.40. The molecule has 2 aromatic carbocycles. The fraction of sp³-hybridized carbons (Fsp3) is 0.286. The monoisotopic (exact) mass is 378 g/mol. The lowest BCUT2D eigenvalue weighted by molar-refractivity contribution is 0.0703. The van der Waals surface area contributed by atoms with Gasteiger partial charge in [-0.25, -0.2) is 14.0 Å². The highest BCUT2D eigenvalue weighted by molar-refractivity contribution is 5.94. The van der Waals surface area contributed by atoms with Crippen LogP contribution < -0.4 is 5.69 Å². The maximum absolute atomic E-state index is 12.9. The van der Waals surface area contributed by atoms with E-state index in [0.29, 0.717) is 24.5 Å². The minimum Gasteiger partial charge on any atom is -0.508 e. The lowest BCUT2D eigenvalue weighted by Gasteiger charge is -2.32. The molecule has 2 heterocycles. The predicted octanol–water partition coefficient (Wildman–Crippen LogP) is 2.30. The summed E-state index contributed by atoms with van der Waals surface area (Å²) in [6.07, 6.45) is 1.68. The Morgan fingerprint density at radius 1 is 1.14 bits per heavy atom. The average Bonchev–Trinajstić information content (AvgIpc) is 3.03. The number of amides is 1. The number of phenols is 1. The molecule has 1 atom stereocenters. The second-order valence-electron chi connectivity index (χ2n) is 7.08. The van der Waals surface area contributed by atoms with Gasteiger partial charge in [-0.1, -0.05) is 24.3 Å². The summed E-state index contributed by atoms with van der Waals surface area (Å²) in [5, 5.41) is 14.1. The van der Waals surface area contributed by atoms with Crippen molar-refractivity contribution < 1.29 is 9.90 Å². The number of rotatable bonds is 3. The number of piperidine rings is 1. The quantitative estimate of drug-likeness (QED) is 0.758. The van der Waals surface area contributed by atoms with Crippen molar-refractivity contribution in [2.75, 3.05) is 13.1 Å². The van der Waals surface area contributed by atoms with Gasteiger partial charge in [0.1, 0.15) is 11.6 Å². The molecule has 1 saturated heterocycles. The Bertz CT molecular complexity index is 1060. The van der Waals surface area contributed by atoms with Crippen molar-refractivity contribution in [1.82, 2.24) is 19.2 Å². The van der Waals surface area contributed by atoms with Crippen LogP contribution in [0.3, 0.4) is 0 Å². The summed E-state index contributed by atoms with van der Waals surface area (Å²) in [7, 11) is 1.64. The number of nitrogens with zero attached hydrogens (tertiary/aromatic N) is 4. The van der Waals surface area contributed by atoms with E-state index in [1.54, 1.807) is 34.7 Å². The predicted molar refractivity (Wildman–Crippen MR) is 105 cm³/mol. The first-order valence-corrected chi connectivity index (χ1v) is 9.34. The van der Waals surface area contributed by atoms with Crippen molar-refractivity contribution in [3.05, 3.63) is 76.5 Å². The normalized spacial score (nSPS) is 16.9. The molecule has 4 rings (SSSR count). The zero-order valence-corrected chi connectivity index (χ0v) is 15.7. The largest absolute Gasteiger partial charge is 0.508 e. The number of phenolic OH excluding ortho intramolecular Hbond substituents is 1. The second kappa shape index (κ2) is 7.34. The zero-order valence-electron chi connectivity index (χ0n) is 15.7. The number of carbonyl (C=O) groups excluding carboxylic acids is 1. The van der Waals surface area contributed by atoms with Crippen LogP contribution in [0.5, 0.6) is 5.75 Å². The Balaban J connectivity index is 1.65. The van der Waals surface area contributed by atoms with E-state index in [4.69, 9.17) is 0 Å². The van der Waals surface area contributed by atoms with E-state index in [2.05, 4.69) is 5.10 Å². The van der Waals surface area contributed by atoms with E-state index in [0.717, 1.165) is 18.5 Å². The van der Waals surface area contributed by atoms with E-state index < -0.39 is 0 Å². The number of para-hydroxylation sites is 1. The van der Waals surface area contributed by atoms with E-state index in [9.17, 15) is 14.7 Å². The van der Waals surface area contributed by atoms with Crippen LogP contribution in [0, 0.1) is 0 Å². The molecule has 28 heavy (non-hydrogen) atoms. The van der Waals surface area contributed by atoms with Crippen LogP contribution in [0.1, 0.15) is 34.9 Å². The molecule has 0 saturated carbocycles. The summed E-state index contributed by atoms with van der Waals surface area (Å²) in [4.78, 5) is 27.3. The minimum absolute atomic E-state index is 0.0379. The van der Waals surface area contributed by atoms with Gasteiger partial charge >= 0.3 is 5.69 Å². The molecule has 0 unspecified atom stereocenters. The van der Waals surface area contributed by atoms with Crippen molar-refractivity contribution in [2.45, 2.75) is 18.8 Å². The maximum atomic E-state index is 12.9. The van der Waals surface area contributed by atoms with Gasteiger partial charge in [-0.05, 0) is 43.2 Å². The van der Waals surface area contributed by atoms with E-state index in [-0.39, 0.29) is 23.3 Å². The van der Waals surface area contributed by atoms with E-state index >= 15 is 0 Å². The van der Waals surface area contributed by atoms with Crippen LogP contribution in [0.25, 0.3) is 5.69 Å². The topological polar surface area (TPSA) is 80.4 Å². The molecule has 1 aliphatic heterocycles. The molecule has 1 aromatic heterocycles. The van der Waals surface area contributed by atoms with Gasteiger partial charge in [0.25, 0.3) is 5.91 Å². The minimum atomic E-state index is -0.197. The number of aromatic hydroxyl groups is 1. The van der Waals surface area contributed by atoms with E-state index in [1.807, 2.05) is 30.3 Å². The fourth-order valence-corrected chi connectivity index (χ4v) is 3.76. The number of hydrogen-bond donors (Lipinski definition) is 1. The summed E-state index contributed by atoms with van der Waals surface area (Å²) >= 11 is 0. The van der Waals surface area contributed by atoms with Gasteiger partial charge in [-0.3, -0.25) is 4.79 Å². The third kappa shape index (κ3) is 3.31. The average molecular weight is 378 g/mol.